The zero-order valence-corrected chi connectivity index (χ0v) is 19.9. The minimum absolute atomic E-state index is 0. The average molecular weight is 537 g/mol. The van der Waals surface area contributed by atoms with Crippen molar-refractivity contribution in [3.8, 4) is 11.6 Å². The maximum absolute atomic E-state index is 5.68. The molecule has 4 heterocycles. The van der Waals surface area contributed by atoms with Crippen LogP contribution < -0.4 is 10.6 Å². The number of hydrogen-bond donors (Lipinski definition) is 2. The normalized spacial score (nSPS) is 15.5. The van der Waals surface area contributed by atoms with E-state index >= 15 is 0 Å². The second-order valence-corrected chi connectivity index (χ2v) is 7.13. The summed E-state index contributed by atoms with van der Waals surface area (Å²) >= 11 is 0. The summed E-state index contributed by atoms with van der Waals surface area (Å²) in [5, 5.41) is 10.8. The molecule has 0 bridgehead atoms. The second kappa shape index (κ2) is 11.8. The fraction of sp³-hybridized carbons (Fsp3) is 0.429. The highest BCUT2D eigenvalue weighted by Crippen LogP contribution is 2.24. The number of pyridine rings is 1. The van der Waals surface area contributed by atoms with E-state index in [1.165, 1.54) is 12.8 Å². The fourth-order valence-corrected chi connectivity index (χ4v) is 3.60. The van der Waals surface area contributed by atoms with Crippen molar-refractivity contribution in [1.82, 2.24) is 30.7 Å². The molecule has 4 rings (SSSR count). The summed E-state index contributed by atoms with van der Waals surface area (Å²) in [6, 6.07) is 9.76. The molecule has 10 heteroatoms. The summed E-state index contributed by atoms with van der Waals surface area (Å²) < 4.78 is 11.0. The number of aliphatic imine (C=N–C) groups is 1. The topological polar surface area (TPSA) is 105 Å². The molecule has 0 saturated carbocycles. The number of halogens is 1. The lowest BCUT2D eigenvalue weighted by Gasteiger charge is -2.26. The van der Waals surface area contributed by atoms with E-state index in [9.17, 15) is 0 Å². The predicted octanol–water partition coefficient (Wildman–Crippen LogP) is 2.89. The van der Waals surface area contributed by atoms with Crippen molar-refractivity contribution in [2.75, 3.05) is 33.2 Å². The van der Waals surface area contributed by atoms with E-state index in [1.807, 2.05) is 30.3 Å². The van der Waals surface area contributed by atoms with Gasteiger partial charge in [0.2, 0.25) is 0 Å². The van der Waals surface area contributed by atoms with Crippen molar-refractivity contribution in [2.45, 2.75) is 25.3 Å². The molecule has 0 aliphatic carbocycles. The molecule has 31 heavy (non-hydrogen) atoms. The molecular formula is C21H28IN7O2. The molecule has 9 nitrogen and oxygen atoms in total. The molecule has 2 N–H and O–H groups in total. The van der Waals surface area contributed by atoms with Gasteiger partial charge in [-0.15, -0.1) is 24.0 Å². The van der Waals surface area contributed by atoms with E-state index < -0.39 is 0 Å². The third-order valence-corrected chi connectivity index (χ3v) is 5.13. The van der Waals surface area contributed by atoms with Crippen LogP contribution in [0.3, 0.4) is 0 Å². The van der Waals surface area contributed by atoms with E-state index in [0.29, 0.717) is 30.4 Å². The lowest BCUT2D eigenvalue weighted by Crippen LogP contribution is -2.43. The van der Waals surface area contributed by atoms with Crippen molar-refractivity contribution in [3.05, 3.63) is 54.4 Å². The summed E-state index contributed by atoms with van der Waals surface area (Å²) in [7, 11) is 1.76. The molecule has 1 atom stereocenters. The zero-order valence-electron chi connectivity index (χ0n) is 17.5. The van der Waals surface area contributed by atoms with Crippen LogP contribution in [0.1, 0.15) is 30.5 Å². The summed E-state index contributed by atoms with van der Waals surface area (Å²) in [6.45, 7) is 3.54. The number of rotatable bonds is 8. The van der Waals surface area contributed by atoms with Gasteiger partial charge in [-0.25, -0.2) is 0 Å². The second-order valence-electron chi connectivity index (χ2n) is 7.13. The third-order valence-electron chi connectivity index (χ3n) is 5.13. The first kappa shape index (κ1) is 23.2. The lowest BCUT2D eigenvalue weighted by atomic mass is 10.2. The molecular weight excluding hydrogens is 509 g/mol. The van der Waals surface area contributed by atoms with Crippen LogP contribution in [-0.2, 0) is 6.42 Å². The highest BCUT2D eigenvalue weighted by Gasteiger charge is 2.25. The van der Waals surface area contributed by atoms with Crippen molar-refractivity contribution in [3.63, 3.8) is 0 Å². The van der Waals surface area contributed by atoms with Gasteiger partial charge < -0.3 is 19.6 Å². The van der Waals surface area contributed by atoms with E-state index in [-0.39, 0.29) is 30.0 Å². The molecule has 0 amide bonds. The number of nitrogens with one attached hydrogen (secondary N) is 2. The van der Waals surface area contributed by atoms with Crippen LogP contribution in [0.25, 0.3) is 11.6 Å². The van der Waals surface area contributed by atoms with E-state index in [2.05, 4.69) is 35.7 Å². The molecule has 0 aromatic carbocycles. The van der Waals surface area contributed by atoms with Crippen molar-refractivity contribution < 1.29 is 8.94 Å². The zero-order chi connectivity index (χ0) is 20.6. The van der Waals surface area contributed by atoms with Crippen LogP contribution in [0.5, 0.6) is 0 Å². The molecule has 1 saturated heterocycles. The van der Waals surface area contributed by atoms with Gasteiger partial charge in [-0.2, -0.15) is 4.98 Å². The molecule has 0 spiro atoms. The lowest BCUT2D eigenvalue weighted by molar-refractivity contribution is 0.215. The first-order valence-corrected chi connectivity index (χ1v) is 10.3. The summed E-state index contributed by atoms with van der Waals surface area (Å²) in [6.07, 6.45) is 6.51. The molecule has 1 fully saturated rings. The number of nitrogens with zero attached hydrogens (tertiary/aromatic N) is 5. The van der Waals surface area contributed by atoms with E-state index in [4.69, 9.17) is 8.94 Å². The van der Waals surface area contributed by atoms with Gasteiger partial charge in [0.1, 0.15) is 11.5 Å². The first-order chi connectivity index (χ1) is 14.8. The Bertz CT molecular complexity index is 924. The smallest absolute Gasteiger partial charge is 0.276 e. The van der Waals surface area contributed by atoms with Gasteiger partial charge >= 0.3 is 0 Å². The molecule has 1 unspecified atom stereocenters. The molecule has 0 radical (unpaired) electrons. The highest BCUT2D eigenvalue weighted by molar-refractivity contribution is 14.0. The molecule has 1 aliphatic heterocycles. The van der Waals surface area contributed by atoms with Crippen LogP contribution in [-0.4, -0.2) is 59.2 Å². The Kier molecular flexibility index (Phi) is 8.83. The monoisotopic (exact) mass is 537 g/mol. The Morgan fingerprint density at radius 3 is 2.77 bits per heavy atom. The van der Waals surface area contributed by atoms with Crippen LogP contribution in [0.4, 0.5) is 0 Å². The molecule has 1 aliphatic rings. The van der Waals surface area contributed by atoms with Gasteiger partial charge in [0.15, 0.2) is 11.8 Å². The Balaban J connectivity index is 0.00000272. The fourth-order valence-electron chi connectivity index (χ4n) is 3.60. The van der Waals surface area contributed by atoms with Crippen molar-refractivity contribution >= 4 is 29.9 Å². The van der Waals surface area contributed by atoms with E-state index in [1.54, 1.807) is 19.5 Å². The van der Waals surface area contributed by atoms with Crippen LogP contribution in [0, 0.1) is 0 Å². The van der Waals surface area contributed by atoms with Gasteiger partial charge in [-0.1, -0.05) is 11.2 Å². The number of furan rings is 1. The van der Waals surface area contributed by atoms with Crippen LogP contribution in [0.15, 0.2) is 56.7 Å². The maximum atomic E-state index is 5.68. The minimum atomic E-state index is 0. The van der Waals surface area contributed by atoms with Gasteiger partial charge in [0, 0.05) is 32.8 Å². The molecule has 3 aromatic rings. The van der Waals surface area contributed by atoms with Gasteiger partial charge in [0.05, 0.1) is 12.3 Å². The predicted molar refractivity (Wildman–Crippen MR) is 128 cm³/mol. The summed E-state index contributed by atoms with van der Waals surface area (Å²) in [5.74, 6) is 2.78. The Labute approximate surface area is 198 Å². The molecule has 166 valence electrons. The Morgan fingerprint density at radius 1 is 1.19 bits per heavy atom. The third kappa shape index (κ3) is 6.26. The summed E-state index contributed by atoms with van der Waals surface area (Å²) in [5.41, 5.74) is 0.674. The van der Waals surface area contributed by atoms with Gasteiger partial charge in [-0.05, 0) is 50.2 Å². The van der Waals surface area contributed by atoms with Crippen molar-refractivity contribution in [1.29, 1.82) is 0 Å². The van der Waals surface area contributed by atoms with Crippen LogP contribution in [0.2, 0.25) is 0 Å². The molecule has 3 aromatic heterocycles. The van der Waals surface area contributed by atoms with Gasteiger partial charge in [-0.3, -0.25) is 14.9 Å². The van der Waals surface area contributed by atoms with Crippen molar-refractivity contribution in [2.24, 2.45) is 4.99 Å². The van der Waals surface area contributed by atoms with E-state index in [0.717, 1.165) is 31.4 Å². The van der Waals surface area contributed by atoms with Gasteiger partial charge in [0.25, 0.3) is 5.89 Å². The number of likely N-dealkylation sites (tertiary alicyclic amines) is 1. The van der Waals surface area contributed by atoms with Crippen LogP contribution >= 0.6 is 24.0 Å². The quantitative estimate of drug-likeness (QED) is 0.257. The number of guanidine groups is 1. The number of hydrogen-bond acceptors (Lipinski definition) is 7. The average Bonchev–Trinajstić information content (AvgIpc) is 3.56. The maximum Gasteiger partial charge on any atom is 0.276 e. The highest BCUT2D eigenvalue weighted by atomic mass is 127. The Morgan fingerprint density at radius 2 is 2.06 bits per heavy atom. The first-order valence-electron chi connectivity index (χ1n) is 10.3. The Hall–Kier alpha value is -2.47. The SMILES string of the molecule is CN=C(NCCc1noc(-c2ccccn2)n1)NCC(c1ccco1)N1CCCC1.I. The number of aromatic nitrogens is 3. The largest absolute Gasteiger partial charge is 0.468 e. The summed E-state index contributed by atoms with van der Waals surface area (Å²) in [4.78, 5) is 15.4. The minimum Gasteiger partial charge on any atom is -0.468 e. The standard InChI is InChI=1S/C21H27N7O2.HI/c1-22-21(25-15-17(18-8-6-14-29-18)28-12-4-5-13-28)24-11-9-19-26-20(30-27-19)16-7-2-3-10-23-16;/h2-3,6-8,10,14,17H,4-5,9,11-13,15H2,1H3,(H2,22,24,25);1H.